The number of pyridine rings is 1. The molecule has 0 amide bonds. The zero-order chi connectivity index (χ0) is 15.0. The van der Waals surface area contributed by atoms with E-state index in [1.807, 2.05) is 13.0 Å². The molecule has 21 heavy (non-hydrogen) atoms. The van der Waals surface area contributed by atoms with E-state index < -0.39 is 5.69 Å². The quantitative estimate of drug-likeness (QED) is 0.766. The van der Waals surface area contributed by atoms with Gasteiger partial charge < -0.3 is 9.47 Å². The second-order valence-corrected chi connectivity index (χ2v) is 4.34. The van der Waals surface area contributed by atoms with Gasteiger partial charge in [-0.3, -0.25) is 0 Å². The van der Waals surface area contributed by atoms with E-state index in [0.717, 1.165) is 11.1 Å². The average molecular weight is 287 g/mol. The summed E-state index contributed by atoms with van der Waals surface area (Å²) >= 11 is 0. The van der Waals surface area contributed by atoms with Crippen LogP contribution in [0.5, 0.6) is 11.8 Å². The maximum Gasteiger partial charge on any atom is 0.363 e. The summed E-state index contributed by atoms with van der Waals surface area (Å²) in [7, 11) is 3.06. The summed E-state index contributed by atoms with van der Waals surface area (Å²) in [6.07, 6.45) is 1.54. The number of nitrogens with zero attached hydrogens (tertiary/aromatic N) is 4. The first-order valence-corrected chi connectivity index (χ1v) is 6.18. The maximum atomic E-state index is 11.7. The highest BCUT2D eigenvalue weighted by Crippen LogP contribution is 2.34. The molecule has 0 radical (unpaired) electrons. The predicted molar refractivity (Wildman–Crippen MR) is 74.7 cm³/mol. The van der Waals surface area contributed by atoms with Crippen molar-refractivity contribution in [1.82, 2.24) is 24.8 Å². The Kier molecular flexibility index (Phi) is 3.05. The molecule has 0 bridgehead atoms. The number of aryl methyl sites for hydroxylation is 1. The Morgan fingerprint density at radius 1 is 1.24 bits per heavy atom. The molecule has 3 rings (SSSR count). The van der Waals surface area contributed by atoms with Gasteiger partial charge in [-0.25, -0.2) is 9.89 Å². The molecular formula is C13H13N5O3. The first-order valence-electron chi connectivity index (χ1n) is 6.18. The van der Waals surface area contributed by atoms with Gasteiger partial charge >= 0.3 is 5.69 Å². The second-order valence-electron chi connectivity index (χ2n) is 4.34. The van der Waals surface area contributed by atoms with E-state index in [0.29, 0.717) is 23.0 Å². The third-order valence-electron chi connectivity index (χ3n) is 3.14. The third kappa shape index (κ3) is 2.00. The van der Waals surface area contributed by atoms with Gasteiger partial charge in [0, 0.05) is 17.2 Å². The minimum absolute atomic E-state index is 0.396. The highest BCUT2D eigenvalue weighted by Gasteiger charge is 2.18. The van der Waals surface area contributed by atoms with Gasteiger partial charge in [0.2, 0.25) is 11.8 Å². The molecule has 0 saturated heterocycles. The Labute approximate surface area is 119 Å². The lowest BCUT2D eigenvalue weighted by Gasteiger charge is -2.08. The van der Waals surface area contributed by atoms with Gasteiger partial charge in [0.1, 0.15) is 5.52 Å². The molecule has 1 N–H and O–H groups in total. The number of aromatic amines is 1. The number of hydrogen-bond acceptors (Lipinski definition) is 6. The Morgan fingerprint density at radius 3 is 2.76 bits per heavy atom. The normalized spacial score (nSPS) is 10.8. The van der Waals surface area contributed by atoms with Crippen LogP contribution >= 0.6 is 0 Å². The molecule has 0 aromatic carbocycles. The van der Waals surface area contributed by atoms with Gasteiger partial charge in [0.25, 0.3) is 0 Å². The number of H-pyrrole nitrogens is 1. The SMILES string of the molecule is COc1ccc(-c2c(C)nn3c(=O)[nH]ncc23)c(OC)n1. The Balaban J connectivity index is 2.33. The van der Waals surface area contributed by atoms with Gasteiger partial charge in [-0.1, -0.05) is 0 Å². The Hall–Kier alpha value is -2.90. The number of rotatable bonds is 3. The first-order chi connectivity index (χ1) is 10.2. The molecule has 0 saturated carbocycles. The topological polar surface area (TPSA) is 94.4 Å². The second kappa shape index (κ2) is 4.89. The van der Waals surface area contributed by atoms with Crippen molar-refractivity contribution < 1.29 is 9.47 Å². The fourth-order valence-corrected chi connectivity index (χ4v) is 2.23. The molecular weight excluding hydrogens is 274 g/mol. The lowest BCUT2D eigenvalue weighted by Crippen LogP contribution is -2.18. The number of methoxy groups -OCH3 is 2. The summed E-state index contributed by atoms with van der Waals surface area (Å²) in [5.74, 6) is 0.841. The lowest BCUT2D eigenvalue weighted by molar-refractivity contribution is 0.366. The van der Waals surface area contributed by atoms with Crippen molar-refractivity contribution in [1.29, 1.82) is 0 Å². The van der Waals surface area contributed by atoms with E-state index >= 15 is 0 Å². The van der Waals surface area contributed by atoms with Gasteiger partial charge in [-0.15, -0.1) is 0 Å². The molecule has 0 atom stereocenters. The van der Waals surface area contributed by atoms with E-state index in [4.69, 9.17) is 9.47 Å². The molecule has 8 heteroatoms. The predicted octanol–water partition coefficient (Wildman–Crippen LogP) is 0.805. The highest BCUT2D eigenvalue weighted by atomic mass is 16.5. The first kappa shape index (κ1) is 13.1. The highest BCUT2D eigenvalue weighted by molar-refractivity contribution is 5.84. The van der Waals surface area contributed by atoms with Crippen LogP contribution in [0.4, 0.5) is 0 Å². The Morgan fingerprint density at radius 2 is 2.05 bits per heavy atom. The number of fused-ring (bicyclic) bond motifs is 1. The van der Waals surface area contributed by atoms with Gasteiger partial charge in [0.15, 0.2) is 0 Å². The molecule has 0 fully saturated rings. The van der Waals surface area contributed by atoms with Gasteiger partial charge in [-0.2, -0.15) is 19.7 Å². The van der Waals surface area contributed by atoms with Crippen molar-refractivity contribution in [3.63, 3.8) is 0 Å². The molecule has 0 spiro atoms. The van der Waals surface area contributed by atoms with Crippen molar-refractivity contribution in [2.24, 2.45) is 0 Å². The fourth-order valence-electron chi connectivity index (χ4n) is 2.23. The van der Waals surface area contributed by atoms with E-state index in [1.54, 1.807) is 12.3 Å². The Bertz CT molecular complexity index is 868. The molecule has 3 aromatic heterocycles. The minimum atomic E-state index is -0.401. The molecule has 3 aromatic rings. The fraction of sp³-hybridized carbons (Fsp3) is 0.231. The van der Waals surface area contributed by atoms with Crippen LogP contribution in [0.2, 0.25) is 0 Å². The molecule has 108 valence electrons. The van der Waals surface area contributed by atoms with Crippen LogP contribution in [0.25, 0.3) is 16.6 Å². The minimum Gasteiger partial charge on any atom is -0.481 e. The lowest BCUT2D eigenvalue weighted by atomic mass is 10.1. The van der Waals surface area contributed by atoms with Crippen molar-refractivity contribution >= 4 is 5.52 Å². The van der Waals surface area contributed by atoms with Crippen molar-refractivity contribution in [3.05, 3.63) is 34.5 Å². The molecule has 0 aliphatic carbocycles. The number of ether oxygens (including phenoxy) is 2. The van der Waals surface area contributed by atoms with Crippen LogP contribution in [0.1, 0.15) is 5.69 Å². The van der Waals surface area contributed by atoms with Crippen LogP contribution in [0.15, 0.2) is 23.1 Å². The summed E-state index contributed by atoms with van der Waals surface area (Å²) in [4.78, 5) is 16.0. The molecule has 0 unspecified atom stereocenters. The van der Waals surface area contributed by atoms with Crippen molar-refractivity contribution in [2.75, 3.05) is 14.2 Å². The van der Waals surface area contributed by atoms with E-state index in [-0.39, 0.29) is 0 Å². The summed E-state index contributed by atoms with van der Waals surface area (Å²) in [5, 5.41) is 10.4. The van der Waals surface area contributed by atoms with E-state index in [9.17, 15) is 4.79 Å². The summed E-state index contributed by atoms with van der Waals surface area (Å²) < 4.78 is 11.7. The molecule has 8 nitrogen and oxygen atoms in total. The average Bonchev–Trinajstić information content (AvgIpc) is 2.84. The standard InChI is InChI=1S/C13H13N5O3/c1-7-11(9-6-14-16-13(19)18(9)17-7)8-4-5-10(20-2)15-12(8)21-3/h4-6H,1-3H3,(H,16,19). The number of aromatic nitrogens is 5. The molecule has 3 heterocycles. The van der Waals surface area contributed by atoms with Crippen LogP contribution in [0, 0.1) is 6.92 Å². The molecule has 0 aliphatic rings. The van der Waals surface area contributed by atoms with Crippen molar-refractivity contribution in [3.8, 4) is 22.9 Å². The van der Waals surface area contributed by atoms with Crippen molar-refractivity contribution in [2.45, 2.75) is 6.92 Å². The maximum absolute atomic E-state index is 11.7. The van der Waals surface area contributed by atoms with Crippen LogP contribution < -0.4 is 15.2 Å². The zero-order valence-corrected chi connectivity index (χ0v) is 11.7. The zero-order valence-electron chi connectivity index (χ0n) is 11.7. The summed E-state index contributed by atoms with van der Waals surface area (Å²) in [6, 6.07) is 3.54. The van der Waals surface area contributed by atoms with Crippen LogP contribution in [0.3, 0.4) is 0 Å². The van der Waals surface area contributed by atoms with Crippen LogP contribution in [-0.2, 0) is 0 Å². The number of hydrogen-bond donors (Lipinski definition) is 1. The van der Waals surface area contributed by atoms with E-state index in [1.165, 1.54) is 18.7 Å². The monoisotopic (exact) mass is 287 g/mol. The van der Waals surface area contributed by atoms with Gasteiger partial charge in [0.05, 0.1) is 26.1 Å². The summed E-state index contributed by atoms with van der Waals surface area (Å²) in [6.45, 7) is 1.81. The third-order valence-corrected chi connectivity index (χ3v) is 3.14. The molecule has 0 aliphatic heterocycles. The largest absolute Gasteiger partial charge is 0.481 e. The smallest absolute Gasteiger partial charge is 0.363 e. The summed E-state index contributed by atoms with van der Waals surface area (Å²) in [5.41, 5.74) is 2.33. The van der Waals surface area contributed by atoms with E-state index in [2.05, 4.69) is 20.3 Å². The number of nitrogens with one attached hydrogen (secondary N) is 1. The van der Waals surface area contributed by atoms with Crippen LogP contribution in [-0.4, -0.2) is 39.0 Å². The van der Waals surface area contributed by atoms with Gasteiger partial charge in [-0.05, 0) is 13.0 Å².